The lowest BCUT2D eigenvalue weighted by Gasteiger charge is -2.27. The van der Waals surface area contributed by atoms with E-state index in [0.29, 0.717) is 31.9 Å². The van der Waals surface area contributed by atoms with Gasteiger partial charge < -0.3 is 25.6 Å². The molecule has 4 rings (SSSR count). The molecule has 8 nitrogen and oxygen atoms in total. The molecule has 0 radical (unpaired) electrons. The van der Waals surface area contributed by atoms with Gasteiger partial charge in [-0.3, -0.25) is 9.59 Å². The van der Waals surface area contributed by atoms with Crippen molar-refractivity contribution in [1.82, 2.24) is 25.8 Å². The van der Waals surface area contributed by atoms with Gasteiger partial charge in [-0.05, 0) is 68.1 Å². The largest absolute Gasteiger partial charge is 0.489 e. The summed E-state index contributed by atoms with van der Waals surface area (Å²) < 4.78 is 5.94. The SMILES string of the molecule is CC(C)CCNC(Cc1cscn1)C(=O)NC(Cc1ccc(OCc2ccccc2)cc1)C(=O)NCCN1CCCCC1. The Balaban J connectivity index is 1.40. The Morgan fingerprint density at radius 2 is 1.67 bits per heavy atom. The van der Waals surface area contributed by atoms with Gasteiger partial charge in [0, 0.05) is 31.3 Å². The highest BCUT2D eigenvalue weighted by Gasteiger charge is 2.26. The van der Waals surface area contributed by atoms with Crippen molar-refractivity contribution in [3.8, 4) is 5.75 Å². The smallest absolute Gasteiger partial charge is 0.242 e. The van der Waals surface area contributed by atoms with Gasteiger partial charge >= 0.3 is 0 Å². The third kappa shape index (κ3) is 11.7. The van der Waals surface area contributed by atoms with Crippen LogP contribution in [0, 0.1) is 5.92 Å². The molecule has 2 atom stereocenters. The van der Waals surface area contributed by atoms with Crippen molar-refractivity contribution in [3.63, 3.8) is 0 Å². The lowest BCUT2D eigenvalue weighted by atomic mass is 10.0. The van der Waals surface area contributed by atoms with E-state index in [2.05, 4.69) is 39.7 Å². The van der Waals surface area contributed by atoms with Crippen molar-refractivity contribution in [2.24, 2.45) is 5.92 Å². The van der Waals surface area contributed by atoms with Crippen LogP contribution in [0.5, 0.6) is 5.75 Å². The van der Waals surface area contributed by atoms with E-state index in [-0.39, 0.29) is 11.8 Å². The monoisotopic (exact) mass is 605 g/mol. The number of nitrogens with one attached hydrogen (secondary N) is 3. The van der Waals surface area contributed by atoms with Crippen LogP contribution in [0.1, 0.15) is 56.4 Å². The van der Waals surface area contributed by atoms with Crippen LogP contribution in [-0.4, -0.2) is 66.5 Å². The fourth-order valence-electron chi connectivity index (χ4n) is 5.17. The number of rotatable bonds is 17. The Hall–Kier alpha value is -3.27. The number of carbonyl (C=O) groups excluding carboxylic acids is 2. The first kappa shape index (κ1) is 32.6. The van der Waals surface area contributed by atoms with Gasteiger partial charge in [-0.25, -0.2) is 4.98 Å². The number of likely N-dealkylation sites (tertiary alicyclic amines) is 1. The Morgan fingerprint density at radius 3 is 2.37 bits per heavy atom. The van der Waals surface area contributed by atoms with Gasteiger partial charge in [0.2, 0.25) is 11.8 Å². The number of hydrogen-bond donors (Lipinski definition) is 3. The standard InChI is InChI=1S/C34H47N5O3S/c1-26(2)15-16-35-31(22-29-24-43-25-37-29)34(41)38-32(33(40)36-17-20-39-18-7-4-8-19-39)21-27-11-13-30(14-12-27)42-23-28-9-5-3-6-10-28/h3,5-6,9-14,24-26,31-32,35H,4,7-8,15-23H2,1-2H3,(H,36,40)(H,38,41). The molecule has 9 heteroatoms. The van der Waals surface area contributed by atoms with Crippen molar-refractivity contribution in [2.75, 3.05) is 32.7 Å². The highest BCUT2D eigenvalue weighted by molar-refractivity contribution is 7.07. The van der Waals surface area contributed by atoms with Crippen LogP contribution in [0.15, 0.2) is 65.5 Å². The second kappa shape index (κ2) is 17.8. The van der Waals surface area contributed by atoms with Gasteiger partial charge in [0.15, 0.2) is 0 Å². The Labute approximate surface area is 260 Å². The molecule has 43 heavy (non-hydrogen) atoms. The van der Waals surface area contributed by atoms with E-state index >= 15 is 0 Å². The molecule has 1 aliphatic rings. The molecule has 0 bridgehead atoms. The molecule has 3 aromatic rings. The van der Waals surface area contributed by atoms with Gasteiger partial charge in [-0.2, -0.15) is 0 Å². The molecule has 1 aromatic heterocycles. The average Bonchev–Trinajstić information content (AvgIpc) is 3.54. The first-order chi connectivity index (χ1) is 21.0. The van der Waals surface area contributed by atoms with Crippen molar-refractivity contribution >= 4 is 23.2 Å². The summed E-state index contributed by atoms with van der Waals surface area (Å²) in [6.07, 6.45) is 5.52. The molecular weight excluding hydrogens is 558 g/mol. The molecule has 2 aromatic carbocycles. The number of ether oxygens (including phenoxy) is 1. The summed E-state index contributed by atoms with van der Waals surface area (Å²) in [5.41, 5.74) is 4.71. The Morgan fingerprint density at radius 1 is 0.907 bits per heavy atom. The summed E-state index contributed by atoms with van der Waals surface area (Å²) in [7, 11) is 0. The lowest BCUT2D eigenvalue weighted by molar-refractivity contribution is -0.130. The minimum Gasteiger partial charge on any atom is -0.489 e. The molecule has 3 N–H and O–H groups in total. The number of carbonyl (C=O) groups is 2. The minimum atomic E-state index is -0.699. The topological polar surface area (TPSA) is 95.6 Å². The third-order valence-electron chi connectivity index (χ3n) is 7.75. The van der Waals surface area contributed by atoms with Crippen LogP contribution < -0.4 is 20.7 Å². The van der Waals surface area contributed by atoms with Crippen LogP contribution in [0.4, 0.5) is 0 Å². The predicted molar refractivity (Wildman–Crippen MR) is 173 cm³/mol. The maximum atomic E-state index is 13.6. The van der Waals surface area contributed by atoms with Gasteiger partial charge in [0.05, 0.1) is 17.2 Å². The Bertz CT molecular complexity index is 1210. The number of benzene rings is 2. The highest BCUT2D eigenvalue weighted by Crippen LogP contribution is 2.16. The number of aromatic nitrogens is 1. The van der Waals surface area contributed by atoms with Crippen LogP contribution in [-0.2, 0) is 29.0 Å². The van der Waals surface area contributed by atoms with Gasteiger partial charge in [0.1, 0.15) is 18.4 Å². The zero-order valence-corrected chi connectivity index (χ0v) is 26.4. The molecule has 2 amide bonds. The lowest BCUT2D eigenvalue weighted by Crippen LogP contribution is -2.55. The van der Waals surface area contributed by atoms with Crippen molar-refractivity contribution in [3.05, 3.63) is 82.3 Å². The van der Waals surface area contributed by atoms with Crippen molar-refractivity contribution in [1.29, 1.82) is 0 Å². The second-order valence-corrected chi connectivity index (χ2v) is 12.5. The summed E-state index contributed by atoms with van der Waals surface area (Å²) in [6.45, 7) is 9.08. The third-order valence-corrected chi connectivity index (χ3v) is 8.38. The van der Waals surface area contributed by atoms with E-state index in [9.17, 15) is 9.59 Å². The van der Waals surface area contributed by atoms with E-state index in [0.717, 1.165) is 55.2 Å². The normalized spacial score (nSPS) is 15.1. The molecule has 0 spiro atoms. The van der Waals surface area contributed by atoms with Crippen molar-refractivity contribution in [2.45, 2.75) is 71.1 Å². The van der Waals surface area contributed by atoms with Crippen LogP contribution >= 0.6 is 11.3 Å². The molecule has 1 saturated heterocycles. The molecule has 2 unspecified atom stereocenters. The summed E-state index contributed by atoms with van der Waals surface area (Å²) in [6, 6.07) is 16.6. The quantitative estimate of drug-likeness (QED) is 0.208. The molecular formula is C34H47N5O3S. The fraction of sp³-hybridized carbons (Fsp3) is 0.500. The summed E-state index contributed by atoms with van der Waals surface area (Å²) in [5, 5.41) is 11.6. The van der Waals surface area contributed by atoms with Crippen molar-refractivity contribution < 1.29 is 14.3 Å². The van der Waals surface area contributed by atoms with E-state index in [4.69, 9.17) is 4.74 Å². The van der Waals surface area contributed by atoms with Gasteiger partial charge in [-0.15, -0.1) is 11.3 Å². The van der Waals surface area contributed by atoms with Crippen LogP contribution in [0.25, 0.3) is 0 Å². The fourth-order valence-corrected chi connectivity index (χ4v) is 5.75. The zero-order valence-electron chi connectivity index (χ0n) is 25.6. The highest BCUT2D eigenvalue weighted by atomic mass is 32.1. The number of nitrogens with zero attached hydrogens (tertiary/aromatic N) is 2. The number of piperidine rings is 1. The maximum Gasteiger partial charge on any atom is 0.242 e. The number of hydrogen-bond acceptors (Lipinski definition) is 7. The minimum absolute atomic E-state index is 0.163. The summed E-state index contributed by atoms with van der Waals surface area (Å²) in [4.78, 5) is 33.9. The first-order valence-corrected chi connectivity index (χ1v) is 16.6. The summed E-state index contributed by atoms with van der Waals surface area (Å²) >= 11 is 1.52. The second-order valence-electron chi connectivity index (χ2n) is 11.7. The molecule has 232 valence electrons. The van der Waals surface area contributed by atoms with E-state index < -0.39 is 12.1 Å². The average molecular weight is 606 g/mol. The van der Waals surface area contributed by atoms with Crippen LogP contribution in [0.2, 0.25) is 0 Å². The number of thiazole rings is 1. The number of amides is 2. The maximum absolute atomic E-state index is 13.6. The first-order valence-electron chi connectivity index (χ1n) is 15.6. The zero-order chi connectivity index (χ0) is 30.3. The van der Waals surface area contributed by atoms with E-state index in [1.165, 1.54) is 30.6 Å². The van der Waals surface area contributed by atoms with Crippen LogP contribution in [0.3, 0.4) is 0 Å². The summed E-state index contributed by atoms with van der Waals surface area (Å²) in [5.74, 6) is 0.936. The Kier molecular flexibility index (Phi) is 13.5. The molecule has 2 heterocycles. The molecule has 1 fully saturated rings. The van der Waals surface area contributed by atoms with Gasteiger partial charge in [-0.1, -0.05) is 62.7 Å². The van der Waals surface area contributed by atoms with E-state index in [1.807, 2.05) is 60.0 Å². The van der Waals surface area contributed by atoms with E-state index in [1.54, 1.807) is 5.51 Å². The predicted octanol–water partition coefficient (Wildman–Crippen LogP) is 4.60. The van der Waals surface area contributed by atoms with Gasteiger partial charge in [0.25, 0.3) is 0 Å². The molecule has 0 saturated carbocycles. The molecule has 1 aliphatic heterocycles. The molecule has 0 aliphatic carbocycles.